The summed E-state index contributed by atoms with van der Waals surface area (Å²) in [6.07, 6.45) is 2.34. The molecule has 0 aromatic carbocycles. The van der Waals surface area contributed by atoms with E-state index >= 15 is 0 Å². The Balaban J connectivity index is 2.86. The van der Waals surface area contributed by atoms with Crippen molar-refractivity contribution >= 4 is 6.41 Å². The molecule has 0 spiro atoms. The van der Waals surface area contributed by atoms with Crippen molar-refractivity contribution in [3.8, 4) is 0 Å². The maximum absolute atomic E-state index is 11.1. The van der Waals surface area contributed by atoms with Gasteiger partial charge < -0.3 is 0 Å². The Morgan fingerprint density at radius 2 is 2.15 bits per heavy atom. The molecule has 0 saturated carbocycles. The first kappa shape index (κ1) is 10.6. The summed E-state index contributed by atoms with van der Waals surface area (Å²) in [5.41, 5.74) is 0. The first-order valence-electron chi connectivity index (χ1n) is 4.69. The number of carbonyl (C=O) groups excluding carboxylic acids is 1. The third-order valence-electron chi connectivity index (χ3n) is 2.78. The number of amides is 1. The van der Waals surface area contributed by atoms with Crippen molar-refractivity contribution in [2.75, 3.05) is 41.3 Å². The molecular weight excluding hydrogens is 166 g/mol. The highest BCUT2D eigenvalue weighted by molar-refractivity contribution is 5.37. The van der Waals surface area contributed by atoms with Crippen LogP contribution in [0.3, 0.4) is 0 Å². The second-order valence-corrected chi connectivity index (χ2v) is 4.32. The maximum atomic E-state index is 11.1. The van der Waals surface area contributed by atoms with Gasteiger partial charge in [0.05, 0.1) is 13.6 Å². The average Bonchev–Trinajstić information content (AvgIpc) is 2.03. The molecular formula is C9H20N3O+. The van der Waals surface area contributed by atoms with Crippen molar-refractivity contribution in [3.05, 3.63) is 0 Å². The quantitative estimate of drug-likeness (QED) is 0.440. The molecule has 4 heteroatoms. The second-order valence-electron chi connectivity index (χ2n) is 4.32. The highest BCUT2D eigenvalue weighted by Gasteiger charge is 2.40. The van der Waals surface area contributed by atoms with Gasteiger partial charge in [-0.25, -0.2) is 19.1 Å². The Labute approximate surface area is 80.3 Å². The number of hydrogen-bond acceptors (Lipinski definition) is 3. The molecule has 1 saturated heterocycles. The summed E-state index contributed by atoms with van der Waals surface area (Å²) in [5.74, 6) is 0. The zero-order valence-corrected chi connectivity index (χ0v) is 9.03. The van der Waals surface area contributed by atoms with Crippen molar-refractivity contribution in [1.82, 2.24) is 9.80 Å². The summed E-state index contributed by atoms with van der Waals surface area (Å²) in [4.78, 5) is 15.4. The number of quaternary nitrogens is 1. The molecule has 1 aliphatic heterocycles. The summed E-state index contributed by atoms with van der Waals surface area (Å²) in [5, 5.41) is 0. The van der Waals surface area contributed by atoms with Crippen LogP contribution in [0.1, 0.15) is 6.42 Å². The normalized spacial score (nSPS) is 36.5. The van der Waals surface area contributed by atoms with Gasteiger partial charge in [-0.1, -0.05) is 0 Å². The maximum Gasteiger partial charge on any atom is 0.303 e. The molecule has 0 aliphatic carbocycles. The number of carbonyl (C=O) groups is 1. The number of nitrogens with zero attached hydrogens (tertiary/aromatic N) is 3. The minimum atomic E-state index is 0.186. The van der Waals surface area contributed by atoms with E-state index in [1.54, 1.807) is 0 Å². The summed E-state index contributed by atoms with van der Waals surface area (Å²) in [7, 11) is 8.11. The van der Waals surface area contributed by atoms with Crippen LogP contribution >= 0.6 is 0 Å². The van der Waals surface area contributed by atoms with Gasteiger partial charge in [-0.2, -0.15) is 0 Å². The van der Waals surface area contributed by atoms with Gasteiger partial charge in [0.2, 0.25) is 6.29 Å². The number of rotatable bonds is 2. The molecule has 1 amide bonds. The van der Waals surface area contributed by atoms with E-state index < -0.39 is 0 Å². The van der Waals surface area contributed by atoms with Crippen LogP contribution in [0.15, 0.2) is 0 Å². The van der Waals surface area contributed by atoms with Crippen LogP contribution in [0.2, 0.25) is 0 Å². The molecule has 0 aromatic rings. The fraction of sp³-hybridized carbons (Fsp3) is 0.889. The lowest BCUT2D eigenvalue weighted by molar-refractivity contribution is -0.884. The van der Waals surface area contributed by atoms with Crippen molar-refractivity contribution < 1.29 is 9.28 Å². The summed E-state index contributed by atoms with van der Waals surface area (Å²) in [6.45, 7) is 2.02. The van der Waals surface area contributed by atoms with Crippen molar-refractivity contribution in [2.24, 2.45) is 0 Å². The van der Waals surface area contributed by atoms with Gasteiger partial charge in [-0.15, -0.1) is 0 Å². The Morgan fingerprint density at radius 3 is 2.54 bits per heavy atom. The predicted octanol–water partition coefficient (Wildman–Crippen LogP) is -0.230. The largest absolute Gasteiger partial charge is 0.303 e. The summed E-state index contributed by atoms with van der Waals surface area (Å²) >= 11 is 0. The minimum absolute atomic E-state index is 0.186. The van der Waals surface area contributed by atoms with Crippen LogP contribution in [0.4, 0.5) is 0 Å². The van der Waals surface area contributed by atoms with Gasteiger partial charge in [0.1, 0.15) is 0 Å². The lowest BCUT2D eigenvalue weighted by atomic mass is 10.2. The molecule has 1 heterocycles. The van der Waals surface area contributed by atoms with E-state index in [1.165, 1.54) is 0 Å². The molecule has 0 aromatic heterocycles. The van der Waals surface area contributed by atoms with Gasteiger partial charge in [0, 0.05) is 13.0 Å². The lowest BCUT2D eigenvalue weighted by Gasteiger charge is -2.46. The van der Waals surface area contributed by atoms with Crippen LogP contribution < -0.4 is 0 Å². The molecule has 13 heavy (non-hydrogen) atoms. The van der Waals surface area contributed by atoms with Crippen LogP contribution in [0, 0.1) is 0 Å². The molecule has 0 bridgehead atoms. The van der Waals surface area contributed by atoms with Crippen LogP contribution in [0.5, 0.6) is 0 Å². The molecule has 76 valence electrons. The summed E-state index contributed by atoms with van der Waals surface area (Å²) in [6, 6.07) is 0. The first-order chi connectivity index (χ1) is 6.01. The van der Waals surface area contributed by atoms with Crippen molar-refractivity contribution in [2.45, 2.75) is 12.7 Å². The highest BCUT2D eigenvalue weighted by Crippen LogP contribution is 2.19. The second kappa shape index (κ2) is 3.74. The first-order valence-corrected chi connectivity index (χ1v) is 4.69. The fourth-order valence-corrected chi connectivity index (χ4v) is 2.37. The Hall–Kier alpha value is -0.450. The molecule has 2 unspecified atom stereocenters. The van der Waals surface area contributed by atoms with Crippen LogP contribution in [0.25, 0.3) is 0 Å². The standard InChI is InChI=1S/C9H20N3O/c1-10(2)9-11(3)6-5-7-12(9,4)8-13/h8-9H,5-7H2,1-4H3/q+1. The van der Waals surface area contributed by atoms with E-state index in [2.05, 4.69) is 16.8 Å². The molecule has 0 radical (unpaired) electrons. The smallest absolute Gasteiger partial charge is 0.246 e. The monoisotopic (exact) mass is 186 g/mol. The molecule has 2 atom stereocenters. The van der Waals surface area contributed by atoms with E-state index in [4.69, 9.17) is 0 Å². The molecule has 0 N–H and O–H groups in total. The third-order valence-corrected chi connectivity index (χ3v) is 2.78. The fourth-order valence-electron chi connectivity index (χ4n) is 2.37. The Kier molecular flexibility index (Phi) is 3.05. The zero-order valence-electron chi connectivity index (χ0n) is 9.03. The van der Waals surface area contributed by atoms with Gasteiger partial charge >= 0.3 is 6.41 Å². The van der Waals surface area contributed by atoms with Crippen molar-refractivity contribution in [1.29, 1.82) is 0 Å². The van der Waals surface area contributed by atoms with Crippen LogP contribution in [-0.4, -0.2) is 68.3 Å². The SMILES string of the molecule is CN(C)C1N(C)CCC[N+]1(C)C=O. The minimum Gasteiger partial charge on any atom is -0.246 e. The third kappa shape index (κ3) is 1.90. The molecule has 1 rings (SSSR count). The molecule has 4 nitrogen and oxygen atoms in total. The Morgan fingerprint density at radius 1 is 1.54 bits per heavy atom. The van der Waals surface area contributed by atoms with Gasteiger partial charge in [-0.05, 0) is 21.1 Å². The molecule has 1 fully saturated rings. The van der Waals surface area contributed by atoms with Gasteiger partial charge in [-0.3, -0.25) is 0 Å². The van der Waals surface area contributed by atoms with E-state index in [9.17, 15) is 4.79 Å². The van der Waals surface area contributed by atoms with Crippen molar-refractivity contribution in [3.63, 3.8) is 0 Å². The highest BCUT2D eigenvalue weighted by atomic mass is 16.1. The van der Waals surface area contributed by atoms with E-state index in [-0.39, 0.29) is 6.29 Å². The van der Waals surface area contributed by atoms with E-state index in [0.29, 0.717) is 4.48 Å². The van der Waals surface area contributed by atoms with Crippen LogP contribution in [-0.2, 0) is 4.79 Å². The van der Waals surface area contributed by atoms with Gasteiger partial charge in [0.15, 0.2) is 0 Å². The topological polar surface area (TPSA) is 23.6 Å². The van der Waals surface area contributed by atoms with Gasteiger partial charge in [0.25, 0.3) is 0 Å². The number of hydrogen-bond donors (Lipinski definition) is 0. The average molecular weight is 186 g/mol. The summed E-state index contributed by atoms with van der Waals surface area (Å²) < 4.78 is 0.476. The van der Waals surface area contributed by atoms with E-state index in [1.807, 2.05) is 21.1 Å². The lowest BCUT2D eigenvalue weighted by Crippen LogP contribution is -2.67. The molecule has 1 aliphatic rings. The Bertz CT molecular complexity index is 195. The predicted molar refractivity (Wildman–Crippen MR) is 51.8 cm³/mol. The zero-order chi connectivity index (χ0) is 10.1. The van der Waals surface area contributed by atoms with E-state index in [0.717, 1.165) is 25.9 Å².